The molecule has 8 heteroatoms. The number of aromatic nitrogens is 2. The summed E-state index contributed by atoms with van der Waals surface area (Å²) >= 11 is 23.9. The largest absolute Gasteiger partial charge is 0.368 e. The number of nitrogens with zero attached hydrogens (tertiary/aromatic N) is 3. The van der Waals surface area contributed by atoms with E-state index in [2.05, 4.69) is 10.1 Å². The van der Waals surface area contributed by atoms with Crippen LogP contribution in [0.25, 0.3) is 11.3 Å². The summed E-state index contributed by atoms with van der Waals surface area (Å²) in [6, 6.07) is 10.4. The van der Waals surface area contributed by atoms with Gasteiger partial charge in [0.2, 0.25) is 5.95 Å². The van der Waals surface area contributed by atoms with E-state index < -0.39 is 0 Å². The van der Waals surface area contributed by atoms with Crippen molar-refractivity contribution in [3.05, 3.63) is 68.2 Å². The lowest BCUT2D eigenvalue weighted by Crippen LogP contribution is -1.97. The molecule has 0 aliphatic carbocycles. The van der Waals surface area contributed by atoms with Crippen LogP contribution in [0, 0.1) is 0 Å². The number of imidazole rings is 1. The van der Waals surface area contributed by atoms with E-state index in [0.717, 1.165) is 5.56 Å². The highest BCUT2D eigenvalue weighted by atomic mass is 35.5. The van der Waals surface area contributed by atoms with Crippen LogP contribution in [0.3, 0.4) is 0 Å². The Kier molecular flexibility index (Phi) is 5.01. The summed E-state index contributed by atoms with van der Waals surface area (Å²) in [5.74, 6) is 0.234. The lowest BCUT2D eigenvalue weighted by Gasteiger charge is -1.99. The van der Waals surface area contributed by atoms with Gasteiger partial charge in [-0.05, 0) is 24.3 Å². The number of nitrogens with two attached hydrogens (primary N) is 1. The molecule has 122 valence electrons. The molecule has 0 bridgehead atoms. The highest BCUT2D eigenvalue weighted by molar-refractivity contribution is 6.42. The zero-order valence-corrected chi connectivity index (χ0v) is 15.1. The van der Waals surface area contributed by atoms with Crippen LogP contribution in [-0.2, 0) is 0 Å². The van der Waals surface area contributed by atoms with Gasteiger partial charge < -0.3 is 5.73 Å². The summed E-state index contributed by atoms with van der Waals surface area (Å²) in [5.41, 5.74) is 8.03. The second kappa shape index (κ2) is 7.03. The van der Waals surface area contributed by atoms with Crippen LogP contribution in [0.15, 0.2) is 47.7 Å². The third-order valence-electron chi connectivity index (χ3n) is 3.21. The number of rotatable bonds is 3. The van der Waals surface area contributed by atoms with Gasteiger partial charge in [0.15, 0.2) is 0 Å². The normalized spacial score (nSPS) is 11.3. The number of hydrogen-bond donors (Lipinski definition) is 1. The molecule has 2 aromatic carbocycles. The van der Waals surface area contributed by atoms with Crippen molar-refractivity contribution in [2.24, 2.45) is 5.10 Å². The van der Waals surface area contributed by atoms with Gasteiger partial charge in [-0.25, -0.2) is 9.66 Å². The van der Waals surface area contributed by atoms with E-state index in [4.69, 9.17) is 52.1 Å². The van der Waals surface area contributed by atoms with E-state index in [1.807, 2.05) is 0 Å². The molecule has 2 N–H and O–H groups in total. The Morgan fingerprint density at radius 3 is 2.46 bits per heavy atom. The molecule has 24 heavy (non-hydrogen) atoms. The first-order chi connectivity index (χ1) is 11.4. The molecule has 0 radical (unpaired) electrons. The lowest BCUT2D eigenvalue weighted by molar-refractivity contribution is 0.898. The topological polar surface area (TPSA) is 56.2 Å². The first kappa shape index (κ1) is 17.1. The summed E-state index contributed by atoms with van der Waals surface area (Å²) < 4.78 is 1.45. The second-order valence-corrected chi connectivity index (χ2v) is 6.53. The van der Waals surface area contributed by atoms with Gasteiger partial charge in [0.1, 0.15) is 0 Å². The molecular weight excluding hydrogens is 390 g/mol. The third kappa shape index (κ3) is 3.68. The maximum absolute atomic E-state index is 6.11. The molecule has 0 unspecified atom stereocenters. The molecule has 0 aliphatic rings. The van der Waals surface area contributed by atoms with Crippen molar-refractivity contribution in [2.45, 2.75) is 0 Å². The zero-order valence-electron chi connectivity index (χ0n) is 12.0. The molecule has 0 aliphatic heterocycles. The van der Waals surface area contributed by atoms with Crippen LogP contribution in [-0.4, -0.2) is 15.9 Å². The molecule has 4 nitrogen and oxygen atoms in total. The predicted molar refractivity (Wildman–Crippen MR) is 102 cm³/mol. The standard InChI is InChI=1S/C16H10Cl4N4/c17-11-3-1-10(13(19)6-11)7-22-24-8-15(23-16(24)21)9-2-4-12(18)14(20)5-9/h1-8H,(H2,21,23)/b22-7-. The smallest absolute Gasteiger partial charge is 0.221 e. The van der Waals surface area contributed by atoms with Crippen LogP contribution >= 0.6 is 46.4 Å². The Morgan fingerprint density at radius 1 is 0.958 bits per heavy atom. The molecule has 0 saturated carbocycles. The highest BCUT2D eigenvalue weighted by Gasteiger charge is 2.08. The average molecular weight is 400 g/mol. The van der Waals surface area contributed by atoms with E-state index in [-0.39, 0.29) is 5.95 Å². The number of anilines is 1. The first-order valence-corrected chi connectivity index (χ1v) is 8.25. The van der Waals surface area contributed by atoms with Crippen molar-refractivity contribution in [2.75, 3.05) is 5.73 Å². The summed E-state index contributed by atoms with van der Waals surface area (Å²) in [6.45, 7) is 0. The monoisotopic (exact) mass is 398 g/mol. The van der Waals surface area contributed by atoms with Crippen molar-refractivity contribution < 1.29 is 0 Å². The number of halogens is 4. The highest BCUT2D eigenvalue weighted by Crippen LogP contribution is 2.28. The Bertz CT molecular complexity index is 934. The fourth-order valence-corrected chi connectivity index (χ4v) is 2.76. The molecule has 1 heterocycles. The number of hydrogen-bond acceptors (Lipinski definition) is 3. The van der Waals surface area contributed by atoms with Crippen LogP contribution < -0.4 is 5.73 Å². The maximum atomic E-state index is 6.11. The van der Waals surface area contributed by atoms with E-state index in [9.17, 15) is 0 Å². The molecule has 0 saturated heterocycles. The van der Waals surface area contributed by atoms with Gasteiger partial charge >= 0.3 is 0 Å². The van der Waals surface area contributed by atoms with Gasteiger partial charge in [0.05, 0.1) is 33.2 Å². The van der Waals surface area contributed by atoms with Crippen molar-refractivity contribution in [3.8, 4) is 11.3 Å². The van der Waals surface area contributed by atoms with Crippen molar-refractivity contribution in [1.29, 1.82) is 0 Å². The van der Waals surface area contributed by atoms with Crippen LogP contribution in [0.1, 0.15) is 5.56 Å². The summed E-state index contributed by atoms with van der Waals surface area (Å²) in [5, 5.41) is 6.24. The summed E-state index contributed by atoms with van der Waals surface area (Å²) in [7, 11) is 0. The lowest BCUT2D eigenvalue weighted by atomic mass is 10.2. The minimum Gasteiger partial charge on any atom is -0.368 e. The molecule has 3 rings (SSSR count). The Morgan fingerprint density at radius 2 is 1.75 bits per heavy atom. The van der Waals surface area contributed by atoms with Crippen molar-refractivity contribution in [3.63, 3.8) is 0 Å². The first-order valence-electron chi connectivity index (χ1n) is 6.74. The molecule has 3 aromatic rings. The van der Waals surface area contributed by atoms with E-state index in [0.29, 0.717) is 31.3 Å². The van der Waals surface area contributed by atoms with Gasteiger partial charge in [0, 0.05) is 16.1 Å². The second-order valence-electron chi connectivity index (χ2n) is 4.87. The van der Waals surface area contributed by atoms with Crippen LogP contribution in [0.4, 0.5) is 5.95 Å². The fourth-order valence-electron chi connectivity index (χ4n) is 2.00. The molecule has 1 aromatic heterocycles. The minimum atomic E-state index is 0.234. The van der Waals surface area contributed by atoms with Crippen molar-refractivity contribution >= 4 is 58.6 Å². The Balaban J connectivity index is 1.91. The fraction of sp³-hybridized carbons (Fsp3) is 0. The molecule has 0 atom stereocenters. The summed E-state index contributed by atoms with van der Waals surface area (Å²) in [4.78, 5) is 4.27. The minimum absolute atomic E-state index is 0.234. The van der Waals surface area contributed by atoms with Gasteiger partial charge in [-0.3, -0.25) is 0 Å². The zero-order chi connectivity index (χ0) is 17.3. The molecule has 0 fully saturated rings. The van der Waals surface area contributed by atoms with Gasteiger partial charge in [-0.2, -0.15) is 5.10 Å². The number of nitrogen functional groups attached to an aromatic ring is 1. The maximum Gasteiger partial charge on any atom is 0.221 e. The predicted octanol–water partition coefficient (Wildman–Crippen LogP) is 5.63. The van der Waals surface area contributed by atoms with Gasteiger partial charge in [0.25, 0.3) is 0 Å². The van der Waals surface area contributed by atoms with Crippen LogP contribution in [0.5, 0.6) is 0 Å². The third-order valence-corrected chi connectivity index (χ3v) is 4.51. The van der Waals surface area contributed by atoms with Gasteiger partial charge in [-0.1, -0.05) is 58.5 Å². The van der Waals surface area contributed by atoms with Crippen LogP contribution in [0.2, 0.25) is 20.1 Å². The SMILES string of the molecule is Nc1nc(-c2ccc(Cl)c(Cl)c2)cn1/N=C\c1ccc(Cl)cc1Cl. The average Bonchev–Trinajstić information content (AvgIpc) is 2.90. The number of benzene rings is 2. The molecule has 0 spiro atoms. The van der Waals surface area contributed by atoms with Crippen molar-refractivity contribution in [1.82, 2.24) is 9.66 Å². The van der Waals surface area contributed by atoms with E-state index >= 15 is 0 Å². The Hall–Kier alpha value is -1.72. The van der Waals surface area contributed by atoms with E-state index in [1.165, 1.54) is 4.68 Å². The Labute approximate surface area is 158 Å². The molecular formula is C16H10Cl4N4. The molecule has 0 amide bonds. The quantitative estimate of drug-likeness (QED) is 0.580. The van der Waals surface area contributed by atoms with E-state index in [1.54, 1.807) is 48.8 Å². The van der Waals surface area contributed by atoms with Gasteiger partial charge in [-0.15, -0.1) is 0 Å². The summed E-state index contributed by atoms with van der Waals surface area (Å²) in [6.07, 6.45) is 3.27.